The van der Waals surface area contributed by atoms with E-state index in [0.717, 1.165) is 24.4 Å². The molecule has 0 unspecified atom stereocenters. The highest BCUT2D eigenvalue weighted by molar-refractivity contribution is 7.19. The van der Waals surface area contributed by atoms with E-state index in [0.29, 0.717) is 22.0 Å². The van der Waals surface area contributed by atoms with Gasteiger partial charge in [-0.2, -0.15) is 5.26 Å². The zero-order valence-electron chi connectivity index (χ0n) is 11.4. The van der Waals surface area contributed by atoms with Gasteiger partial charge in [0.15, 0.2) is 5.78 Å². The number of thiophene rings is 1. The summed E-state index contributed by atoms with van der Waals surface area (Å²) >= 11 is 1.36. The molecule has 2 fully saturated rings. The van der Waals surface area contributed by atoms with E-state index in [1.54, 1.807) is 0 Å². The molecule has 5 heteroatoms. The van der Waals surface area contributed by atoms with Gasteiger partial charge in [-0.05, 0) is 31.6 Å². The maximum Gasteiger partial charge on any atom is 0.178 e. The Labute approximate surface area is 123 Å². The zero-order valence-corrected chi connectivity index (χ0v) is 12.3. The van der Waals surface area contributed by atoms with Crippen LogP contribution in [0.1, 0.15) is 53.8 Å². The Kier molecular flexibility index (Phi) is 3.66. The number of carbonyl (C=O) groups excluding carboxylic acids is 1. The van der Waals surface area contributed by atoms with E-state index in [4.69, 9.17) is 5.73 Å². The Morgan fingerprint density at radius 3 is 2.65 bits per heavy atom. The minimum Gasteiger partial charge on any atom is -0.396 e. The number of nitrogen functional groups attached to an aromatic ring is 1. The predicted octanol–water partition coefficient (Wildman–Crippen LogP) is 3.40. The molecular formula is C15H19N3OS. The van der Waals surface area contributed by atoms with E-state index < -0.39 is 0 Å². The zero-order chi connectivity index (χ0) is 14.1. The molecular weight excluding hydrogens is 270 g/mol. The molecule has 3 rings (SSSR count). The second kappa shape index (κ2) is 5.45. The number of nitrogens with zero attached hydrogens (tertiary/aromatic N) is 1. The molecule has 0 saturated heterocycles. The second-order valence-electron chi connectivity index (χ2n) is 5.83. The average molecular weight is 289 g/mol. The Morgan fingerprint density at radius 2 is 2.05 bits per heavy atom. The highest BCUT2D eigenvalue weighted by atomic mass is 32.1. The molecule has 0 bridgehead atoms. The van der Waals surface area contributed by atoms with E-state index in [1.807, 2.05) is 0 Å². The van der Waals surface area contributed by atoms with Gasteiger partial charge in [-0.15, -0.1) is 11.3 Å². The van der Waals surface area contributed by atoms with E-state index in [1.165, 1.54) is 37.0 Å². The summed E-state index contributed by atoms with van der Waals surface area (Å²) in [5, 5.41) is 13.4. The van der Waals surface area contributed by atoms with E-state index >= 15 is 0 Å². The molecule has 0 aliphatic heterocycles. The molecule has 106 valence electrons. The fourth-order valence-corrected chi connectivity index (χ4v) is 3.94. The summed E-state index contributed by atoms with van der Waals surface area (Å²) in [7, 11) is 0. The largest absolute Gasteiger partial charge is 0.396 e. The van der Waals surface area contributed by atoms with Gasteiger partial charge in [0.1, 0.15) is 16.6 Å². The van der Waals surface area contributed by atoms with Crippen LogP contribution in [0, 0.1) is 23.2 Å². The normalized spacial score (nSPS) is 18.9. The van der Waals surface area contributed by atoms with Crippen LogP contribution in [0.3, 0.4) is 0 Å². The van der Waals surface area contributed by atoms with Crippen molar-refractivity contribution in [3.05, 3.63) is 10.4 Å². The third-order valence-corrected chi connectivity index (χ3v) is 5.43. The van der Waals surface area contributed by atoms with Gasteiger partial charge in [-0.25, -0.2) is 0 Å². The minimum atomic E-state index is 0.123. The van der Waals surface area contributed by atoms with Crippen molar-refractivity contribution >= 4 is 27.8 Å². The van der Waals surface area contributed by atoms with Gasteiger partial charge in [0.05, 0.1) is 10.6 Å². The lowest BCUT2D eigenvalue weighted by atomic mass is 10.1. The van der Waals surface area contributed by atoms with Crippen molar-refractivity contribution in [2.24, 2.45) is 11.8 Å². The molecule has 1 heterocycles. The first kappa shape index (κ1) is 13.4. The Balaban J connectivity index is 1.77. The van der Waals surface area contributed by atoms with Crippen molar-refractivity contribution in [3.63, 3.8) is 0 Å². The van der Waals surface area contributed by atoms with Crippen LogP contribution in [0.15, 0.2) is 0 Å². The van der Waals surface area contributed by atoms with Gasteiger partial charge >= 0.3 is 0 Å². The number of anilines is 2. The standard InChI is InChI=1S/C15H19N3OS/c16-7-11-12(17)14(13(19)10-5-6-10)20-15(11)18-8-9-3-1-2-4-9/h9-10,18H,1-6,8,17H2. The number of hydrogen-bond acceptors (Lipinski definition) is 5. The number of nitriles is 1. The van der Waals surface area contributed by atoms with Crippen LogP contribution < -0.4 is 11.1 Å². The molecule has 20 heavy (non-hydrogen) atoms. The maximum absolute atomic E-state index is 12.2. The van der Waals surface area contributed by atoms with Gasteiger partial charge in [-0.1, -0.05) is 12.8 Å². The number of nitrogens with one attached hydrogen (secondary N) is 1. The molecule has 3 N–H and O–H groups in total. The van der Waals surface area contributed by atoms with E-state index in [-0.39, 0.29) is 11.7 Å². The number of carbonyl (C=O) groups is 1. The van der Waals surface area contributed by atoms with Gasteiger partial charge in [0, 0.05) is 12.5 Å². The number of nitrogens with two attached hydrogens (primary N) is 1. The average Bonchev–Trinajstić information content (AvgIpc) is 3.07. The molecule has 2 aliphatic rings. The van der Waals surface area contributed by atoms with Crippen LogP contribution in [0.2, 0.25) is 0 Å². The first-order chi connectivity index (χ1) is 9.70. The quantitative estimate of drug-likeness (QED) is 0.814. The lowest BCUT2D eigenvalue weighted by Gasteiger charge is -2.10. The molecule has 2 saturated carbocycles. The van der Waals surface area contributed by atoms with Crippen LogP contribution in [0.25, 0.3) is 0 Å². The SMILES string of the molecule is N#Cc1c(NCC2CCCC2)sc(C(=O)C2CC2)c1N. The number of rotatable bonds is 5. The summed E-state index contributed by atoms with van der Waals surface area (Å²) < 4.78 is 0. The van der Waals surface area contributed by atoms with Gasteiger partial charge in [0.25, 0.3) is 0 Å². The van der Waals surface area contributed by atoms with Crippen LogP contribution in [0.5, 0.6) is 0 Å². The Bertz CT molecular complexity index is 562. The van der Waals surface area contributed by atoms with E-state index in [9.17, 15) is 10.1 Å². The molecule has 0 aromatic carbocycles. The smallest absolute Gasteiger partial charge is 0.178 e. The molecule has 0 radical (unpaired) electrons. The third kappa shape index (κ3) is 2.53. The monoisotopic (exact) mass is 289 g/mol. The second-order valence-corrected chi connectivity index (χ2v) is 6.85. The number of hydrogen-bond donors (Lipinski definition) is 2. The van der Waals surface area contributed by atoms with E-state index in [2.05, 4.69) is 11.4 Å². The molecule has 0 atom stereocenters. The van der Waals surface area contributed by atoms with Gasteiger partial charge in [0.2, 0.25) is 0 Å². The number of ketones is 1. The highest BCUT2D eigenvalue weighted by Gasteiger charge is 2.34. The summed E-state index contributed by atoms with van der Waals surface area (Å²) in [5.41, 5.74) is 6.83. The molecule has 0 amide bonds. The molecule has 1 aromatic heterocycles. The summed E-state index contributed by atoms with van der Waals surface area (Å²) in [4.78, 5) is 12.7. The topological polar surface area (TPSA) is 78.9 Å². The lowest BCUT2D eigenvalue weighted by molar-refractivity contribution is 0.0972. The summed E-state index contributed by atoms with van der Waals surface area (Å²) in [6.07, 6.45) is 7.03. The highest BCUT2D eigenvalue weighted by Crippen LogP contribution is 2.41. The van der Waals surface area contributed by atoms with Crippen LogP contribution in [-0.2, 0) is 0 Å². The first-order valence-corrected chi connectivity index (χ1v) is 8.12. The van der Waals surface area contributed by atoms with Gasteiger partial charge in [-0.3, -0.25) is 4.79 Å². The summed E-state index contributed by atoms with van der Waals surface area (Å²) in [6.45, 7) is 0.881. The Morgan fingerprint density at radius 1 is 1.35 bits per heavy atom. The van der Waals surface area contributed by atoms with Crippen LogP contribution in [-0.4, -0.2) is 12.3 Å². The molecule has 2 aliphatic carbocycles. The van der Waals surface area contributed by atoms with Crippen LogP contribution in [0.4, 0.5) is 10.7 Å². The molecule has 4 nitrogen and oxygen atoms in total. The fourth-order valence-electron chi connectivity index (χ4n) is 2.84. The lowest BCUT2D eigenvalue weighted by Crippen LogP contribution is -2.10. The predicted molar refractivity (Wildman–Crippen MR) is 80.9 cm³/mol. The van der Waals surface area contributed by atoms with Crippen molar-refractivity contribution in [1.29, 1.82) is 5.26 Å². The fraction of sp³-hybridized carbons (Fsp3) is 0.600. The molecule has 0 spiro atoms. The summed E-state index contributed by atoms with van der Waals surface area (Å²) in [6, 6.07) is 2.14. The minimum absolute atomic E-state index is 0.123. The Hall–Kier alpha value is -1.54. The van der Waals surface area contributed by atoms with Crippen molar-refractivity contribution in [2.75, 3.05) is 17.6 Å². The van der Waals surface area contributed by atoms with Crippen molar-refractivity contribution in [1.82, 2.24) is 0 Å². The van der Waals surface area contributed by atoms with Crippen molar-refractivity contribution in [3.8, 4) is 6.07 Å². The first-order valence-electron chi connectivity index (χ1n) is 7.31. The number of Topliss-reactive ketones (excluding diaryl/α,β-unsaturated/α-hetero) is 1. The summed E-state index contributed by atoms with van der Waals surface area (Å²) in [5.74, 6) is 0.954. The molecule has 1 aromatic rings. The van der Waals surface area contributed by atoms with Crippen LogP contribution >= 0.6 is 11.3 Å². The van der Waals surface area contributed by atoms with Crippen molar-refractivity contribution < 1.29 is 4.79 Å². The van der Waals surface area contributed by atoms with Gasteiger partial charge < -0.3 is 11.1 Å². The maximum atomic E-state index is 12.2. The third-order valence-electron chi connectivity index (χ3n) is 4.25. The van der Waals surface area contributed by atoms with Crippen molar-refractivity contribution in [2.45, 2.75) is 38.5 Å².